The first kappa shape index (κ1) is 8.49. The van der Waals surface area contributed by atoms with E-state index in [1.54, 1.807) is 0 Å². The van der Waals surface area contributed by atoms with E-state index in [0.29, 0.717) is 10.7 Å². The van der Waals surface area contributed by atoms with E-state index in [9.17, 15) is 14.9 Å². The van der Waals surface area contributed by atoms with Gasteiger partial charge in [0.25, 0.3) is 11.6 Å². The summed E-state index contributed by atoms with van der Waals surface area (Å²) in [6.07, 6.45) is 0. The Labute approximate surface area is 77.8 Å². The number of rotatable bonds is 1. The van der Waals surface area contributed by atoms with Gasteiger partial charge in [-0.05, 0) is 6.07 Å². The van der Waals surface area contributed by atoms with Crippen LogP contribution in [0.4, 0.5) is 5.69 Å². The van der Waals surface area contributed by atoms with Gasteiger partial charge >= 0.3 is 0 Å². The smallest absolute Gasteiger partial charge is 0.271 e. The highest BCUT2D eigenvalue weighted by Crippen LogP contribution is 2.03. The minimum Gasteiger partial charge on any atom is -0.273 e. The lowest BCUT2D eigenvalue weighted by Gasteiger charge is -1.97. The molecule has 1 aliphatic rings. The Hall–Kier alpha value is -2.11. The van der Waals surface area contributed by atoms with E-state index in [2.05, 4.69) is 9.98 Å². The number of hydrogen-bond donors (Lipinski definition) is 0. The van der Waals surface area contributed by atoms with Crippen LogP contribution in [-0.4, -0.2) is 17.4 Å². The minimum atomic E-state index is -0.508. The maximum atomic E-state index is 10.9. The number of carbonyl (C=O) groups excluding carboxylic acids is 1. The molecule has 0 saturated heterocycles. The van der Waals surface area contributed by atoms with Crippen LogP contribution in [0.1, 0.15) is 0 Å². The maximum absolute atomic E-state index is 10.9. The highest BCUT2D eigenvalue weighted by atomic mass is 16.6. The van der Waals surface area contributed by atoms with Crippen molar-refractivity contribution >= 4 is 11.6 Å². The zero-order chi connectivity index (χ0) is 10.1. The van der Waals surface area contributed by atoms with Crippen molar-refractivity contribution in [3.63, 3.8) is 0 Å². The van der Waals surface area contributed by atoms with Gasteiger partial charge < -0.3 is 0 Å². The van der Waals surface area contributed by atoms with E-state index in [-0.39, 0.29) is 18.1 Å². The summed E-state index contributed by atoms with van der Waals surface area (Å²) in [4.78, 5) is 28.3. The fourth-order valence-corrected chi connectivity index (χ4v) is 1.17. The van der Waals surface area contributed by atoms with Crippen LogP contribution in [0.5, 0.6) is 0 Å². The molecule has 0 unspecified atom stereocenters. The molecular weight excluding hydrogens is 186 g/mol. The third-order valence-electron chi connectivity index (χ3n) is 1.80. The van der Waals surface area contributed by atoms with Gasteiger partial charge in [-0.2, -0.15) is 0 Å². The van der Waals surface area contributed by atoms with Gasteiger partial charge in [0.2, 0.25) is 0 Å². The first-order valence-electron chi connectivity index (χ1n) is 3.87. The summed E-state index contributed by atoms with van der Waals surface area (Å²) in [5, 5.41) is 11.2. The lowest BCUT2D eigenvalue weighted by molar-refractivity contribution is -0.385. The summed E-state index contributed by atoms with van der Waals surface area (Å²) >= 11 is 0. The van der Waals surface area contributed by atoms with Crippen LogP contribution in [0.25, 0.3) is 0 Å². The second-order valence-electron chi connectivity index (χ2n) is 2.75. The summed E-state index contributed by atoms with van der Waals surface area (Å²) in [5.74, 6) is -0.327. The third-order valence-corrected chi connectivity index (χ3v) is 1.80. The van der Waals surface area contributed by atoms with E-state index in [0.717, 1.165) is 0 Å². The highest BCUT2D eigenvalue weighted by Gasteiger charge is 2.08. The number of benzene rings is 1. The average Bonchev–Trinajstić information content (AvgIpc) is 2.16. The molecule has 1 aromatic rings. The summed E-state index contributed by atoms with van der Waals surface area (Å²) in [7, 11) is 0. The fourth-order valence-electron chi connectivity index (χ4n) is 1.17. The van der Waals surface area contributed by atoms with Crippen LogP contribution in [0.2, 0.25) is 0 Å². The largest absolute Gasteiger partial charge is 0.273 e. The molecule has 0 atom stereocenters. The van der Waals surface area contributed by atoms with Crippen LogP contribution in [0, 0.1) is 10.1 Å². The molecule has 1 heterocycles. The molecule has 70 valence electrons. The number of nitrogens with zero attached hydrogens (tertiary/aromatic N) is 3. The zero-order valence-electron chi connectivity index (χ0n) is 7.01. The third kappa shape index (κ3) is 1.37. The van der Waals surface area contributed by atoms with Gasteiger partial charge in [-0.15, -0.1) is 0 Å². The van der Waals surface area contributed by atoms with Gasteiger partial charge in [-0.1, -0.05) is 0 Å². The second kappa shape index (κ2) is 2.99. The average molecular weight is 191 g/mol. The molecule has 2 rings (SSSR count). The summed E-state index contributed by atoms with van der Waals surface area (Å²) in [6, 6.07) is 4.04. The molecule has 1 amide bonds. The quantitative estimate of drug-likeness (QED) is 0.437. The Balaban J connectivity index is 2.68. The molecule has 6 heteroatoms. The minimum absolute atomic E-state index is 0.0336. The molecule has 1 aliphatic heterocycles. The number of amides is 1. The van der Waals surface area contributed by atoms with E-state index in [4.69, 9.17) is 0 Å². The van der Waals surface area contributed by atoms with Crippen molar-refractivity contribution in [3.8, 4) is 0 Å². The van der Waals surface area contributed by atoms with Crippen LogP contribution in [-0.2, 0) is 4.79 Å². The van der Waals surface area contributed by atoms with Gasteiger partial charge in [0, 0.05) is 12.1 Å². The standard InChI is InChI=1S/C8H5N3O3/c12-8-4-9-7-3-5(11(13)14)1-2-6(7)10-8/h1-3H,4H2. The first-order valence-corrected chi connectivity index (χ1v) is 3.87. The predicted octanol–water partition coefficient (Wildman–Crippen LogP) is -0.626. The monoisotopic (exact) mass is 191 g/mol. The van der Waals surface area contributed by atoms with Crippen molar-refractivity contribution in [2.75, 3.05) is 6.54 Å². The normalized spacial score (nSPS) is 13.9. The second-order valence-corrected chi connectivity index (χ2v) is 2.75. The molecule has 0 N–H and O–H groups in total. The van der Waals surface area contributed by atoms with Crippen molar-refractivity contribution in [2.24, 2.45) is 9.98 Å². The zero-order valence-corrected chi connectivity index (χ0v) is 7.01. The number of carbonyl (C=O) groups is 1. The Morgan fingerprint density at radius 1 is 1.36 bits per heavy atom. The van der Waals surface area contributed by atoms with E-state index in [1.807, 2.05) is 0 Å². The predicted molar refractivity (Wildman–Crippen MR) is 45.3 cm³/mol. The van der Waals surface area contributed by atoms with E-state index >= 15 is 0 Å². The highest BCUT2D eigenvalue weighted by molar-refractivity contribution is 5.79. The van der Waals surface area contributed by atoms with Crippen molar-refractivity contribution in [3.05, 3.63) is 39.0 Å². The van der Waals surface area contributed by atoms with Crippen molar-refractivity contribution in [2.45, 2.75) is 0 Å². The van der Waals surface area contributed by atoms with Crippen molar-refractivity contribution in [1.82, 2.24) is 0 Å². The molecule has 0 aromatic heterocycles. The molecule has 0 radical (unpaired) electrons. The lowest BCUT2D eigenvalue weighted by atomic mass is 10.3. The Bertz CT molecular complexity index is 535. The number of nitro benzene ring substituents is 1. The van der Waals surface area contributed by atoms with Crippen LogP contribution < -0.4 is 10.7 Å². The topological polar surface area (TPSA) is 84.9 Å². The molecular formula is C8H5N3O3. The maximum Gasteiger partial charge on any atom is 0.271 e. The Morgan fingerprint density at radius 3 is 2.86 bits per heavy atom. The van der Waals surface area contributed by atoms with Gasteiger partial charge in [0.15, 0.2) is 0 Å². The molecule has 14 heavy (non-hydrogen) atoms. The molecule has 0 fully saturated rings. The van der Waals surface area contributed by atoms with Crippen LogP contribution in [0.15, 0.2) is 28.2 Å². The molecule has 1 aromatic carbocycles. The van der Waals surface area contributed by atoms with Crippen molar-refractivity contribution in [1.29, 1.82) is 0 Å². The number of nitro groups is 1. The van der Waals surface area contributed by atoms with Gasteiger partial charge in [-0.3, -0.25) is 19.9 Å². The number of fused-ring (bicyclic) bond motifs is 1. The van der Waals surface area contributed by atoms with Crippen LogP contribution >= 0.6 is 0 Å². The summed E-state index contributed by atoms with van der Waals surface area (Å²) in [6.45, 7) is -0.0336. The van der Waals surface area contributed by atoms with Gasteiger partial charge in [0.1, 0.15) is 6.54 Å². The molecule has 0 spiro atoms. The number of hydrogen-bond acceptors (Lipinski definition) is 4. The molecule has 0 bridgehead atoms. The van der Waals surface area contributed by atoms with Gasteiger partial charge in [0.05, 0.1) is 15.6 Å². The number of non-ortho nitro benzene ring substituents is 1. The van der Waals surface area contributed by atoms with Crippen molar-refractivity contribution < 1.29 is 9.72 Å². The Kier molecular flexibility index (Phi) is 1.81. The summed E-state index contributed by atoms with van der Waals surface area (Å²) < 4.78 is 0. The Morgan fingerprint density at radius 2 is 2.14 bits per heavy atom. The molecule has 6 nitrogen and oxygen atoms in total. The SMILES string of the molecule is O=C1CN=c2cc([N+](=O)[O-])ccc2=N1. The molecule has 0 saturated carbocycles. The van der Waals surface area contributed by atoms with E-state index in [1.165, 1.54) is 18.2 Å². The van der Waals surface area contributed by atoms with Gasteiger partial charge in [-0.25, -0.2) is 4.99 Å². The first-order chi connectivity index (χ1) is 6.66. The lowest BCUT2D eigenvalue weighted by Crippen LogP contribution is -2.31. The van der Waals surface area contributed by atoms with E-state index < -0.39 is 4.92 Å². The molecule has 0 aliphatic carbocycles. The summed E-state index contributed by atoms with van der Waals surface area (Å²) in [5.41, 5.74) is -0.0444. The fraction of sp³-hybridized carbons (Fsp3) is 0.125. The van der Waals surface area contributed by atoms with Crippen LogP contribution in [0.3, 0.4) is 0 Å².